The van der Waals surface area contributed by atoms with Crippen molar-refractivity contribution in [3.05, 3.63) is 56.8 Å². The number of nitro groups is 1. The zero-order chi connectivity index (χ0) is 24.1. The molecule has 0 radical (unpaired) electrons. The van der Waals surface area contributed by atoms with Gasteiger partial charge in [-0.05, 0) is 30.0 Å². The number of carbonyl (C=O) groups excluding carboxylic acids is 2. The van der Waals surface area contributed by atoms with Crippen LogP contribution in [0.1, 0.15) is 31.1 Å². The van der Waals surface area contributed by atoms with Gasteiger partial charge in [0.1, 0.15) is 12.4 Å². The molecular formula is C22H29N3O7S. The molecule has 2 rings (SSSR count). The molecule has 0 unspecified atom stereocenters. The number of rotatable bonds is 13. The highest BCUT2D eigenvalue weighted by Crippen LogP contribution is 2.18. The maximum Gasteiger partial charge on any atom is 0.412 e. The van der Waals surface area contributed by atoms with Crippen molar-refractivity contribution in [3.8, 4) is 5.75 Å². The van der Waals surface area contributed by atoms with Gasteiger partial charge < -0.3 is 24.4 Å². The van der Waals surface area contributed by atoms with Crippen LogP contribution < -0.4 is 10.1 Å². The fourth-order valence-electron chi connectivity index (χ4n) is 2.88. The third-order valence-corrected chi connectivity index (χ3v) is 5.51. The van der Waals surface area contributed by atoms with E-state index in [4.69, 9.17) is 14.2 Å². The Morgan fingerprint density at radius 3 is 2.61 bits per heavy atom. The molecule has 1 aromatic carbocycles. The first-order chi connectivity index (χ1) is 15.9. The fourth-order valence-corrected chi connectivity index (χ4v) is 3.60. The topological polar surface area (TPSA) is 120 Å². The summed E-state index contributed by atoms with van der Waals surface area (Å²) in [6.07, 6.45) is 1.11. The van der Waals surface area contributed by atoms with Crippen LogP contribution in [0.3, 0.4) is 0 Å². The van der Waals surface area contributed by atoms with Gasteiger partial charge in [-0.1, -0.05) is 25.8 Å². The SMILES string of the molecule is CCCC[C@@H](COC(=O)N(CCOC)Cc1cccs1)NC(=O)Oc1ccc([N+](=O)[O-])cc1. The molecule has 0 aliphatic heterocycles. The van der Waals surface area contributed by atoms with Crippen LogP contribution in [0.15, 0.2) is 41.8 Å². The number of nitrogens with zero attached hydrogens (tertiary/aromatic N) is 2. The largest absolute Gasteiger partial charge is 0.447 e. The van der Waals surface area contributed by atoms with E-state index in [0.29, 0.717) is 26.1 Å². The Hall–Kier alpha value is -3.18. The average Bonchev–Trinajstić information content (AvgIpc) is 3.31. The Morgan fingerprint density at radius 1 is 1.24 bits per heavy atom. The summed E-state index contributed by atoms with van der Waals surface area (Å²) in [5, 5.41) is 15.4. The molecule has 0 saturated heterocycles. The number of methoxy groups -OCH3 is 1. The number of nitro benzene ring substituents is 1. The number of benzene rings is 1. The first-order valence-electron chi connectivity index (χ1n) is 10.6. The molecule has 0 aliphatic rings. The van der Waals surface area contributed by atoms with Crippen LogP contribution in [0.4, 0.5) is 15.3 Å². The molecule has 0 fully saturated rings. The number of unbranched alkanes of at least 4 members (excludes halogenated alkanes) is 1. The Kier molecular flexibility index (Phi) is 11.1. The van der Waals surface area contributed by atoms with Crippen molar-refractivity contribution in [2.24, 2.45) is 0 Å². The Bertz CT molecular complexity index is 875. The second-order valence-electron chi connectivity index (χ2n) is 7.19. The highest BCUT2D eigenvalue weighted by atomic mass is 32.1. The molecule has 1 N–H and O–H groups in total. The van der Waals surface area contributed by atoms with E-state index < -0.39 is 23.2 Å². The first kappa shape index (κ1) is 26.1. The molecule has 1 aromatic heterocycles. The standard InChI is InChI=1S/C22H29N3O7S/c1-3-4-6-17(23-21(26)32-19-10-8-18(9-11-19)25(28)29)16-31-22(27)24(12-13-30-2)15-20-7-5-14-33-20/h5,7-11,14,17H,3-4,6,12-13,15-16H2,1-2H3,(H,23,26)/t17-/m0/s1. The van der Waals surface area contributed by atoms with Crippen LogP contribution in [0.2, 0.25) is 0 Å². The highest BCUT2D eigenvalue weighted by Gasteiger charge is 2.20. The van der Waals surface area contributed by atoms with Gasteiger partial charge in [0.2, 0.25) is 0 Å². The molecule has 0 saturated carbocycles. The number of carbonyl (C=O) groups is 2. The summed E-state index contributed by atoms with van der Waals surface area (Å²) in [7, 11) is 1.57. The zero-order valence-corrected chi connectivity index (χ0v) is 19.5. The summed E-state index contributed by atoms with van der Waals surface area (Å²) in [6.45, 7) is 3.17. The number of hydrogen-bond donors (Lipinski definition) is 1. The van der Waals surface area contributed by atoms with Gasteiger partial charge in [-0.3, -0.25) is 10.1 Å². The predicted octanol–water partition coefficient (Wildman–Crippen LogP) is 4.59. The van der Waals surface area contributed by atoms with Gasteiger partial charge in [0.15, 0.2) is 0 Å². The summed E-state index contributed by atoms with van der Waals surface area (Å²) in [5.41, 5.74) is -0.101. The maximum atomic E-state index is 12.7. The average molecular weight is 480 g/mol. The van der Waals surface area contributed by atoms with Crippen molar-refractivity contribution >= 4 is 29.2 Å². The van der Waals surface area contributed by atoms with Crippen LogP contribution >= 0.6 is 11.3 Å². The monoisotopic (exact) mass is 479 g/mol. The van der Waals surface area contributed by atoms with Crippen LogP contribution in [0.25, 0.3) is 0 Å². The molecule has 10 nitrogen and oxygen atoms in total. The zero-order valence-electron chi connectivity index (χ0n) is 18.7. The number of thiophene rings is 1. The summed E-state index contributed by atoms with van der Waals surface area (Å²) in [4.78, 5) is 37.8. The second kappa shape index (κ2) is 14.1. The molecule has 33 heavy (non-hydrogen) atoms. The minimum Gasteiger partial charge on any atom is -0.447 e. The van der Waals surface area contributed by atoms with Gasteiger partial charge in [0.25, 0.3) is 5.69 Å². The van der Waals surface area contributed by atoms with E-state index in [-0.39, 0.29) is 18.0 Å². The summed E-state index contributed by atoms with van der Waals surface area (Å²) in [5.74, 6) is 0.172. The molecular weight excluding hydrogens is 450 g/mol. The van der Waals surface area contributed by atoms with Gasteiger partial charge in [-0.15, -0.1) is 11.3 Å². The molecule has 0 aliphatic carbocycles. The van der Waals surface area contributed by atoms with E-state index in [1.807, 2.05) is 24.4 Å². The maximum absolute atomic E-state index is 12.7. The molecule has 2 aromatic rings. The molecule has 180 valence electrons. The van der Waals surface area contributed by atoms with Crippen LogP contribution in [-0.2, 0) is 16.0 Å². The van der Waals surface area contributed by atoms with Gasteiger partial charge in [0, 0.05) is 30.7 Å². The molecule has 0 bridgehead atoms. The van der Waals surface area contributed by atoms with E-state index in [1.54, 1.807) is 23.3 Å². The van der Waals surface area contributed by atoms with Crippen molar-refractivity contribution < 1.29 is 28.7 Å². The quantitative estimate of drug-likeness (QED) is 0.329. The number of amides is 2. The lowest BCUT2D eigenvalue weighted by Crippen LogP contribution is -2.42. The van der Waals surface area contributed by atoms with Crippen LogP contribution in [-0.4, -0.2) is 54.9 Å². The van der Waals surface area contributed by atoms with E-state index in [1.165, 1.54) is 24.3 Å². The number of non-ortho nitro benzene ring substituents is 1. The van der Waals surface area contributed by atoms with Gasteiger partial charge in [0.05, 0.1) is 24.1 Å². The third-order valence-electron chi connectivity index (χ3n) is 4.64. The van der Waals surface area contributed by atoms with Crippen molar-refractivity contribution in [1.29, 1.82) is 0 Å². The fraction of sp³-hybridized carbons (Fsp3) is 0.455. The summed E-state index contributed by atoms with van der Waals surface area (Å²) >= 11 is 1.55. The number of hydrogen-bond acceptors (Lipinski definition) is 8. The Labute approximate surface area is 196 Å². The molecule has 0 spiro atoms. The van der Waals surface area contributed by atoms with Crippen molar-refractivity contribution in [1.82, 2.24) is 10.2 Å². The Morgan fingerprint density at radius 2 is 2.00 bits per heavy atom. The molecule has 2 amide bonds. The highest BCUT2D eigenvalue weighted by molar-refractivity contribution is 7.09. The first-order valence-corrected chi connectivity index (χ1v) is 11.5. The lowest BCUT2D eigenvalue weighted by atomic mass is 10.1. The number of ether oxygens (including phenoxy) is 3. The minimum absolute atomic E-state index is 0.0118. The van der Waals surface area contributed by atoms with Gasteiger partial charge in [-0.2, -0.15) is 0 Å². The smallest absolute Gasteiger partial charge is 0.412 e. The number of nitrogens with one attached hydrogen (secondary N) is 1. The van der Waals surface area contributed by atoms with Gasteiger partial charge >= 0.3 is 12.2 Å². The van der Waals surface area contributed by atoms with E-state index in [9.17, 15) is 19.7 Å². The lowest BCUT2D eigenvalue weighted by Gasteiger charge is -2.24. The van der Waals surface area contributed by atoms with Crippen molar-refractivity contribution in [2.75, 3.05) is 26.9 Å². The van der Waals surface area contributed by atoms with Crippen molar-refractivity contribution in [2.45, 2.75) is 38.8 Å². The van der Waals surface area contributed by atoms with E-state index >= 15 is 0 Å². The normalized spacial score (nSPS) is 11.5. The predicted molar refractivity (Wildman–Crippen MR) is 124 cm³/mol. The lowest BCUT2D eigenvalue weighted by molar-refractivity contribution is -0.384. The molecule has 11 heteroatoms. The van der Waals surface area contributed by atoms with Crippen LogP contribution in [0.5, 0.6) is 5.75 Å². The van der Waals surface area contributed by atoms with Gasteiger partial charge in [-0.25, -0.2) is 9.59 Å². The third kappa shape index (κ3) is 9.46. The summed E-state index contributed by atoms with van der Waals surface area (Å²) < 4.78 is 15.8. The summed E-state index contributed by atoms with van der Waals surface area (Å²) in [6, 6.07) is 8.61. The van der Waals surface area contributed by atoms with E-state index in [2.05, 4.69) is 5.32 Å². The van der Waals surface area contributed by atoms with Crippen molar-refractivity contribution in [3.63, 3.8) is 0 Å². The van der Waals surface area contributed by atoms with Crippen LogP contribution in [0, 0.1) is 10.1 Å². The molecule has 1 atom stereocenters. The molecule has 1 heterocycles. The second-order valence-corrected chi connectivity index (χ2v) is 8.23. The van der Waals surface area contributed by atoms with E-state index in [0.717, 1.165) is 17.7 Å². The Balaban J connectivity index is 1.92. The minimum atomic E-state index is -0.726.